The van der Waals surface area contributed by atoms with Crippen LogP contribution in [0.5, 0.6) is 0 Å². The van der Waals surface area contributed by atoms with Crippen molar-refractivity contribution in [2.45, 2.75) is 12.3 Å². The first-order valence-corrected chi connectivity index (χ1v) is 6.13. The van der Waals surface area contributed by atoms with Crippen LogP contribution in [0.15, 0.2) is 36.5 Å². The zero-order chi connectivity index (χ0) is 11.7. The lowest BCUT2D eigenvalue weighted by Crippen LogP contribution is -2.07. The van der Waals surface area contributed by atoms with Gasteiger partial charge in [0.05, 0.1) is 5.69 Å². The number of hydrogen-bond acceptors (Lipinski definition) is 2. The molecule has 1 unspecified atom stereocenters. The van der Waals surface area contributed by atoms with E-state index in [0.29, 0.717) is 5.92 Å². The molecule has 1 aromatic carbocycles. The Labute approximate surface area is 101 Å². The van der Waals surface area contributed by atoms with Crippen LogP contribution < -0.4 is 5.32 Å². The van der Waals surface area contributed by atoms with Crippen LogP contribution in [0.3, 0.4) is 0 Å². The van der Waals surface area contributed by atoms with Crippen LogP contribution in [0, 0.1) is 0 Å². The standard InChI is InChI=1S/C14H17N3/c1-17-14(7-9-16-17)12-4-2-11(3-5-12)13-6-8-15-10-13/h2-5,7,9,13,15H,6,8,10H2,1H3. The van der Waals surface area contributed by atoms with E-state index in [2.05, 4.69) is 34.7 Å². The van der Waals surface area contributed by atoms with Gasteiger partial charge >= 0.3 is 0 Å². The predicted molar refractivity (Wildman–Crippen MR) is 68.9 cm³/mol. The van der Waals surface area contributed by atoms with Crippen LogP contribution in [0.4, 0.5) is 0 Å². The average Bonchev–Trinajstić information content (AvgIpc) is 3.00. The molecule has 3 nitrogen and oxygen atoms in total. The number of aryl methyl sites for hydroxylation is 1. The number of rotatable bonds is 2. The van der Waals surface area contributed by atoms with Crippen LogP contribution in [-0.2, 0) is 7.05 Å². The fourth-order valence-corrected chi connectivity index (χ4v) is 2.52. The Morgan fingerprint density at radius 2 is 2.06 bits per heavy atom. The molecule has 2 heterocycles. The molecule has 0 spiro atoms. The second-order valence-electron chi connectivity index (χ2n) is 4.65. The molecule has 0 amide bonds. The van der Waals surface area contributed by atoms with Gasteiger partial charge in [0.2, 0.25) is 0 Å². The molecule has 1 aliphatic rings. The van der Waals surface area contributed by atoms with Crippen molar-refractivity contribution >= 4 is 0 Å². The van der Waals surface area contributed by atoms with Crippen LogP contribution in [0.25, 0.3) is 11.3 Å². The third-order valence-electron chi connectivity index (χ3n) is 3.56. The molecule has 0 saturated carbocycles. The van der Waals surface area contributed by atoms with E-state index in [4.69, 9.17) is 0 Å². The highest BCUT2D eigenvalue weighted by atomic mass is 15.2. The van der Waals surface area contributed by atoms with Crippen molar-refractivity contribution in [1.29, 1.82) is 0 Å². The van der Waals surface area contributed by atoms with Crippen LogP contribution >= 0.6 is 0 Å². The number of aromatic nitrogens is 2. The molecule has 0 bridgehead atoms. The summed E-state index contributed by atoms with van der Waals surface area (Å²) in [5.74, 6) is 0.690. The molecule has 1 aromatic heterocycles. The van der Waals surface area contributed by atoms with Gasteiger partial charge < -0.3 is 5.32 Å². The molecule has 0 radical (unpaired) electrons. The molecule has 3 heteroatoms. The Hall–Kier alpha value is -1.61. The summed E-state index contributed by atoms with van der Waals surface area (Å²) >= 11 is 0. The van der Waals surface area contributed by atoms with E-state index in [0.717, 1.165) is 13.1 Å². The van der Waals surface area contributed by atoms with Crippen LogP contribution in [0.1, 0.15) is 17.9 Å². The van der Waals surface area contributed by atoms with Gasteiger partial charge in [-0.25, -0.2) is 0 Å². The van der Waals surface area contributed by atoms with Gasteiger partial charge in [-0.1, -0.05) is 24.3 Å². The Morgan fingerprint density at radius 3 is 2.65 bits per heavy atom. The molecule has 3 rings (SSSR count). The summed E-state index contributed by atoms with van der Waals surface area (Å²) in [5, 5.41) is 7.61. The first kappa shape index (κ1) is 10.5. The quantitative estimate of drug-likeness (QED) is 0.852. The average molecular weight is 227 g/mol. The summed E-state index contributed by atoms with van der Waals surface area (Å²) in [6.07, 6.45) is 3.09. The number of nitrogens with zero attached hydrogens (tertiary/aromatic N) is 2. The van der Waals surface area contributed by atoms with Gasteiger partial charge in [0.1, 0.15) is 0 Å². The van der Waals surface area contributed by atoms with Crippen LogP contribution in [0.2, 0.25) is 0 Å². The maximum Gasteiger partial charge on any atom is 0.0678 e. The highest BCUT2D eigenvalue weighted by molar-refractivity contribution is 5.59. The number of benzene rings is 1. The zero-order valence-corrected chi connectivity index (χ0v) is 10.1. The molecule has 1 saturated heterocycles. The normalized spacial score (nSPS) is 19.7. The van der Waals surface area contributed by atoms with Gasteiger partial charge in [-0.15, -0.1) is 0 Å². The van der Waals surface area contributed by atoms with Gasteiger partial charge in [-0.2, -0.15) is 5.10 Å². The van der Waals surface area contributed by atoms with Crippen molar-refractivity contribution in [3.63, 3.8) is 0 Å². The van der Waals surface area contributed by atoms with Crippen molar-refractivity contribution in [3.8, 4) is 11.3 Å². The lowest BCUT2D eigenvalue weighted by molar-refractivity contribution is 0.762. The first-order valence-electron chi connectivity index (χ1n) is 6.13. The zero-order valence-electron chi connectivity index (χ0n) is 10.1. The van der Waals surface area contributed by atoms with E-state index in [-0.39, 0.29) is 0 Å². The monoisotopic (exact) mass is 227 g/mol. The molecule has 0 aliphatic carbocycles. The molecular weight excluding hydrogens is 210 g/mol. The lowest BCUT2D eigenvalue weighted by atomic mass is 9.97. The minimum Gasteiger partial charge on any atom is -0.316 e. The molecule has 88 valence electrons. The SMILES string of the molecule is Cn1nccc1-c1ccc(C2CCNC2)cc1. The lowest BCUT2D eigenvalue weighted by Gasteiger charge is -2.09. The van der Waals surface area contributed by atoms with Crippen LogP contribution in [-0.4, -0.2) is 22.9 Å². The highest BCUT2D eigenvalue weighted by Gasteiger charge is 2.16. The Bertz CT molecular complexity index is 492. The van der Waals surface area contributed by atoms with Crippen molar-refractivity contribution in [1.82, 2.24) is 15.1 Å². The molecule has 1 N–H and O–H groups in total. The molecular formula is C14H17N3. The van der Waals surface area contributed by atoms with Gasteiger partial charge in [-0.05, 0) is 36.1 Å². The molecule has 1 fully saturated rings. The van der Waals surface area contributed by atoms with E-state index >= 15 is 0 Å². The maximum atomic E-state index is 4.20. The van der Waals surface area contributed by atoms with E-state index in [9.17, 15) is 0 Å². The largest absolute Gasteiger partial charge is 0.316 e. The third-order valence-corrected chi connectivity index (χ3v) is 3.56. The number of hydrogen-bond donors (Lipinski definition) is 1. The van der Waals surface area contributed by atoms with E-state index < -0.39 is 0 Å². The van der Waals surface area contributed by atoms with Crippen molar-refractivity contribution in [2.75, 3.05) is 13.1 Å². The van der Waals surface area contributed by atoms with E-state index in [1.165, 1.54) is 23.2 Å². The van der Waals surface area contributed by atoms with Crippen molar-refractivity contribution in [2.24, 2.45) is 7.05 Å². The summed E-state index contributed by atoms with van der Waals surface area (Å²) in [7, 11) is 1.98. The van der Waals surface area contributed by atoms with Gasteiger partial charge in [0.25, 0.3) is 0 Å². The molecule has 1 atom stereocenters. The van der Waals surface area contributed by atoms with Gasteiger partial charge in [0, 0.05) is 19.8 Å². The summed E-state index contributed by atoms with van der Waals surface area (Å²) in [6, 6.07) is 10.9. The van der Waals surface area contributed by atoms with E-state index in [1.54, 1.807) is 0 Å². The first-order chi connectivity index (χ1) is 8.34. The van der Waals surface area contributed by atoms with Crippen molar-refractivity contribution < 1.29 is 0 Å². The Morgan fingerprint density at radius 1 is 1.24 bits per heavy atom. The third kappa shape index (κ3) is 1.98. The van der Waals surface area contributed by atoms with Gasteiger partial charge in [-0.3, -0.25) is 4.68 Å². The summed E-state index contributed by atoms with van der Waals surface area (Å²) < 4.78 is 1.91. The Balaban J connectivity index is 1.87. The molecule has 1 aliphatic heterocycles. The second kappa shape index (κ2) is 4.34. The minimum absolute atomic E-state index is 0.690. The smallest absolute Gasteiger partial charge is 0.0678 e. The Kier molecular flexibility index (Phi) is 2.69. The fourth-order valence-electron chi connectivity index (χ4n) is 2.52. The molecule has 2 aromatic rings. The highest BCUT2D eigenvalue weighted by Crippen LogP contribution is 2.25. The summed E-state index contributed by atoms with van der Waals surface area (Å²) in [6.45, 7) is 2.26. The molecule has 17 heavy (non-hydrogen) atoms. The van der Waals surface area contributed by atoms with Crippen molar-refractivity contribution in [3.05, 3.63) is 42.1 Å². The minimum atomic E-state index is 0.690. The topological polar surface area (TPSA) is 29.9 Å². The summed E-state index contributed by atoms with van der Waals surface area (Å²) in [4.78, 5) is 0. The summed E-state index contributed by atoms with van der Waals surface area (Å²) in [5.41, 5.74) is 3.85. The van der Waals surface area contributed by atoms with E-state index in [1.807, 2.05) is 24.0 Å². The second-order valence-corrected chi connectivity index (χ2v) is 4.65. The van der Waals surface area contributed by atoms with Gasteiger partial charge in [0.15, 0.2) is 0 Å². The maximum absolute atomic E-state index is 4.20. The number of nitrogens with one attached hydrogen (secondary N) is 1. The predicted octanol–water partition coefficient (Wildman–Crippen LogP) is 2.16. The fraction of sp³-hybridized carbons (Fsp3) is 0.357.